The highest BCUT2D eigenvalue weighted by molar-refractivity contribution is 6.75. The molecule has 2 heterocycles. The van der Waals surface area contributed by atoms with Gasteiger partial charge < -0.3 is 4.42 Å². The monoisotopic (exact) mass is 880 g/mol. The molecule has 0 saturated heterocycles. The molecule has 0 radical (unpaired) electrons. The van der Waals surface area contributed by atoms with E-state index in [0.29, 0.717) is 17.5 Å². The van der Waals surface area contributed by atoms with Gasteiger partial charge in [0.1, 0.15) is 160 Å². The molecule has 314 valence electrons. The standard InChI is InChI=1S/C47H48B19N3O/c48-24-14(26(50)29(53)18-15(24)32(56)39(63)41(65)34(18)58)17-27(51)30(54)20(31(55)28(17)52)22-36(60)37(61)23(47-68-45(11-7-3-1-4-8-11)67-46(69-47)12-9-5-2-6-10-12)13-21-25(49)16-19(38(62)44(21)70-43(13)22)35(59)42(66)40(64)33(16)57/h1-10H,48-66H2. The van der Waals surface area contributed by atoms with E-state index in [4.69, 9.17) is 19.4 Å². The van der Waals surface area contributed by atoms with E-state index < -0.39 is 0 Å². The average molecular weight is 876 g/mol. The average Bonchev–Trinajstić information content (AvgIpc) is 3.75. The molecular weight excluding hydrogens is 828 g/mol. The van der Waals surface area contributed by atoms with Crippen LogP contribution < -0.4 is 104 Å². The number of nitrogens with zero attached hydrogens (tertiary/aromatic N) is 3. The lowest BCUT2D eigenvalue weighted by Gasteiger charge is -2.29. The van der Waals surface area contributed by atoms with Crippen LogP contribution in [0, 0.1) is 0 Å². The number of fused-ring (bicyclic) bond motifs is 5. The minimum absolute atomic E-state index is 0.640. The number of benzene rings is 8. The lowest BCUT2D eigenvalue weighted by Crippen LogP contribution is -2.53. The Labute approximate surface area is 430 Å². The highest BCUT2D eigenvalue weighted by atomic mass is 16.3. The van der Waals surface area contributed by atoms with E-state index >= 15 is 0 Å². The molecule has 8 aromatic carbocycles. The largest absolute Gasteiger partial charge is 0.456 e. The first-order chi connectivity index (χ1) is 33.2. The molecule has 10 rings (SSSR count). The summed E-state index contributed by atoms with van der Waals surface area (Å²) in [6, 6.07) is 20.6. The topological polar surface area (TPSA) is 51.8 Å². The molecule has 23 heteroatoms. The summed E-state index contributed by atoms with van der Waals surface area (Å²) in [5.41, 5.74) is 34.6. The molecule has 0 amide bonds. The number of hydrogen-bond acceptors (Lipinski definition) is 4. The van der Waals surface area contributed by atoms with E-state index in [1.54, 1.807) is 0 Å². The highest BCUT2D eigenvalue weighted by Gasteiger charge is 2.31. The first kappa shape index (κ1) is 48.0. The molecule has 0 unspecified atom stereocenters. The molecular formula is C47H48B19N3O. The molecule has 0 saturated carbocycles. The Morgan fingerprint density at radius 3 is 1.00 bits per heavy atom. The van der Waals surface area contributed by atoms with E-state index in [0.717, 1.165) is 60.6 Å². The molecule has 4 nitrogen and oxygen atoms in total. The third kappa shape index (κ3) is 6.75. The smallest absolute Gasteiger partial charge is 0.164 e. The van der Waals surface area contributed by atoms with E-state index in [1.807, 2.05) is 36.4 Å². The van der Waals surface area contributed by atoms with Gasteiger partial charge in [-0.1, -0.05) is 137 Å². The summed E-state index contributed by atoms with van der Waals surface area (Å²) in [6.07, 6.45) is 0. The summed E-state index contributed by atoms with van der Waals surface area (Å²) in [4.78, 5) is 16.0. The molecule has 0 fully saturated rings. The first-order valence-electron chi connectivity index (χ1n) is 25.1. The minimum Gasteiger partial charge on any atom is -0.456 e. The molecule has 0 N–H and O–H groups in total. The van der Waals surface area contributed by atoms with Gasteiger partial charge in [-0.3, -0.25) is 0 Å². The van der Waals surface area contributed by atoms with Gasteiger partial charge in [0.25, 0.3) is 0 Å². The lowest BCUT2D eigenvalue weighted by atomic mass is 9.56. The van der Waals surface area contributed by atoms with E-state index in [1.165, 1.54) is 126 Å². The van der Waals surface area contributed by atoms with E-state index in [-0.39, 0.29) is 0 Å². The molecule has 10 aromatic rings. The van der Waals surface area contributed by atoms with Crippen molar-refractivity contribution >= 4 is 296 Å². The van der Waals surface area contributed by atoms with Crippen LogP contribution in [0.2, 0.25) is 0 Å². The van der Waals surface area contributed by atoms with Crippen LogP contribution in [-0.2, 0) is 0 Å². The quantitative estimate of drug-likeness (QED) is 0.162. The van der Waals surface area contributed by atoms with Crippen molar-refractivity contribution in [3.63, 3.8) is 0 Å². The molecule has 0 bridgehead atoms. The van der Waals surface area contributed by atoms with Crippen LogP contribution in [0.1, 0.15) is 0 Å². The predicted octanol–water partition coefficient (Wildman–Crippen LogP) is -20.7. The number of hydrogen-bond donors (Lipinski definition) is 0. The zero-order chi connectivity index (χ0) is 50.3. The zero-order valence-corrected chi connectivity index (χ0v) is 45.0. The van der Waals surface area contributed by atoms with Crippen molar-refractivity contribution in [2.75, 3.05) is 0 Å². The van der Waals surface area contributed by atoms with Crippen molar-refractivity contribution in [1.82, 2.24) is 15.0 Å². The Bertz CT molecular complexity index is 3910. The maximum Gasteiger partial charge on any atom is 0.164 e. The molecule has 0 aliphatic heterocycles. The summed E-state index contributed by atoms with van der Waals surface area (Å²) in [5, 5.41) is 7.59. The van der Waals surface area contributed by atoms with Crippen LogP contribution >= 0.6 is 0 Å². The second kappa shape index (κ2) is 17.3. The number of aromatic nitrogens is 3. The highest BCUT2D eigenvalue weighted by Crippen LogP contribution is 2.39. The Morgan fingerprint density at radius 2 is 0.543 bits per heavy atom. The molecule has 0 aliphatic carbocycles. The fraction of sp³-hybridized carbons (Fsp3) is 0. The van der Waals surface area contributed by atoms with Gasteiger partial charge in [0, 0.05) is 33.0 Å². The van der Waals surface area contributed by atoms with Gasteiger partial charge in [0.05, 0.1) is 0 Å². The Kier molecular flexibility index (Phi) is 11.8. The minimum atomic E-state index is 0.640. The van der Waals surface area contributed by atoms with Crippen molar-refractivity contribution in [3.8, 4) is 56.4 Å². The van der Waals surface area contributed by atoms with Crippen molar-refractivity contribution in [2.24, 2.45) is 0 Å². The van der Waals surface area contributed by atoms with Crippen LogP contribution in [-0.4, -0.2) is 164 Å². The summed E-state index contributed by atoms with van der Waals surface area (Å²) in [6.45, 7) is 0. The van der Waals surface area contributed by atoms with Crippen LogP contribution in [0.5, 0.6) is 0 Å². The first-order valence-corrected chi connectivity index (χ1v) is 25.1. The van der Waals surface area contributed by atoms with Gasteiger partial charge in [-0.15, -0.1) is 21.9 Å². The second-order valence-electron chi connectivity index (χ2n) is 20.8. The number of furan rings is 1. The van der Waals surface area contributed by atoms with E-state index in [2.05, 4.69) is 173 Å². The maximum absolute atomic E-state index is 7.63. The third-order valence-corrected chi connectivity index (χ3v) is 17.6. The van der Waals surface area contributed by atoms with Gasteiger partial charge in [-0.25, -0.2) is 15.0 Å². The fourth-order valence-electron chi connectivity index (χ4n) is 12.7. The van der Waals surface area contributed by atoms with Gasteiger partial charge in [0.15, 0.2) is 17.5 Å². The van der Waals surface area contributed by atoms with Gasteiger partial charge in [-0.2, -0.15) is 0 Å². The summed E-state index contributed by atoms with van der Waals surface area (Å²) < 4.78 is 7.63. The fourth-order valence-corrected chi connectivity index (χ4v) is 12.7. The third-order valence-electron chi connectivity index (χ3n) is 17.6. The Hall–Kier alpha value is -5.68. The lowest BCUT2D eigenvalue weighted by molar-refractivity contribution is 0.673. The molecule has 2 aromatic heterocycles. The van der Waals surface area contributed by atoms with Crippen LogP contribution in [0.3, 0.4) is 0 Å². The van der Waals surface area contributed by atoms with Gasteiger partial charge in [-0.05, 0) is 43.7 Å². The van der Waals surface area contributed by atoms with Crippen molar-refractivity contribution in [2.45, 2.75) is 0 Å². The second-order valence-corrected chi connectivity index (χ2v) is 20.8. The van der Waals surface area contributed by atoms with E-state index in [9.17, 15) is 0 Å². The van der Waals surface area contributed by atoms with Crippen molar-refractivity contribution < 1.29 is 4.42 Å². The molecule has 0 atom stereocenters. The van der Waals surface area contributed by atoms with Crippen LogP contribution in [0.4, 0.5) is 0 Å². The Balaban J connectivity index is 1.37. The summed E-state index contributed by atoms with van der Waals surface area (Å²) >= 11 is 0. The van der Waals surface area contributed by atoms with Gasteiger partial charge >= 0.3 is 0 Å². The van der Waals surface area contributed by atoms with Crippen LogP contribution in [0.25, 0.3) is 99.9 Å². The van der Waals surface area contributed by atoms with Crippen molar-refractivity contribution in [3.05, 3.63) is 60.7 Å². The molecule has 70 heavy (non-hydrogen) atoms. The summed E-state index contributed by atoms with van der Waals surface area (Å²) in [7, 11) is 43.9. The molecule has 0 spiro atoms. The number of rotatable bonds is 5. The van der Waals surface area contributed by atoms with Crippen LogP contribution in [0.15, 0.2) is 65.1 Å². The van der Waals surface area contributed by atoms with Gasteiger partial charge in [0.2, 0.25) is 0 Å². The van der Waals surface area contributed by atoms with Crippen molar-refractivity contribution in [1.29, 1.82) is 0 Å². The predicted molar refractivity (Wildman–Crippen MR) is 365 cm³/mol. The molecule has 0 aliphatic rings. The maximum atomic E-state index is 7.63. The Morgan fingerprint density at radius 1 is 0.229 bits per heavy atom. The summed E-state index contributed by atoms with van der Waals surface area (Å²) in [5.74, 6) is 1.92. The normalized spacial score (nSPS) is 11.7. The zero-order valence-electron chi connectivity index (χ0n) is 45.0. The SMILES string of the molecule is Bc1c(B)c(-c2c(B)c(B)c(-c3nc(-c4ccccc4)nc(-c4ccccc4)n3)c3c2oc2c(B)c4c(B)c(B)c(B)c(B)c4c(B)c23)c(B)c(B)c1-c1c(B)c(B)c2c(B)c(B)c(B)c(B)c2c1B.